The Morgan fingerprint density at radius 1 is 0.773 bits per heavy atom. The van der Waals surface area contributed by atoms with Gasteiger partial charge in [0.15, 0.2) is 0 Å². The summed E-state index contributed by atoms with van der Waals surface area (Å²) in [6.45, 7) is 9.29. The van der Waals surface area contributed by atoms with Crippen LogP contribution < -0.4 is 9.80 Å². The molecule has 0 saturated heterocycles. The van der Waals surface area contributed by atoms with Crippen molar-refractivity contribution in [3.63, 3.8) is 0 Å². The van der Waals surface area contributed by atoms with E-state index in [0.29, 0.717) is 0 Å². The van der Waals surface area contributed by atoms with Crippen molar-refractivity contribution in [2.45, 2.75) is 38.8 Å². The van der Waals surface area contributed by atoms with E-state index in [1.165, 1.54) is 22.5 Å². The van der Waals surface area contributed by atoms with E-state index in [-0.39, 0.29) is 11.1 Å². The van der Waals surface area contributed by atoms with Crippen molar-refractivity contribution in [1.29, 1.82) is 0 Å². The summed E-state index contributed by atoms with van der Waals surface area (Å²) in [6, 6.07) is 17.7. The molecule has 2 nitrogen and oxygen atoms in total. The van der Waals surface area contributed by atoms with Gasteiger partial charge in [0, 0.05) is 25.5 Å². The van der Waals surface area contributed by atoms with Gasteiger partial charge in [-0.3, -0.25) is 0 Å². The van der Waals surface area contributed by atoms with Crippen molar-refractivity contribution in [2.75, 3.05) is 23.9 Å². The molecule has 2 heteroatoms. The monoisotopic (exact) mass is 294 g/mol. The van der Waals surface area contributed by atoms with Crippen LogP contribution in [0.2, 0.25) is 0 Å². The second kappa shape index (κ2) is 4.77. The van der Waals surface area contributed by atoms with E-state index in [1.807, 2.05) is 0 Å². The first-order valence-corrected chi connectivity index (χ1v) is 7.94. The van der Waals surface area contributed by atoms with Gasteiger partial charge in [-0.15, -0.1) is 0 Å². The number of hydrogen-bond acceptors (Lipinski definition) is 2. The molecule has 116 valence electrons. The molecule has 3 rings (SSSR count). The Morgan fingerprint density at radius 2 is 1.32 bits per heavy atom. The van der Waals surface area contributed by atoms with Crippen molar-refractivity contribution in [3.8, 4) is 0 Å². The van der Waals surface area contributed by atoms with Crippen molar-refractivity contribution >= 4 is 11.4 Å². The Bertz CT molecular complexity index is 663. The average molecular weight is 294 g/mol. The largest absolute Gasteiger partial charge is 0.378 e. The molecule has 0 N–H and O–H groups in total. The van der Waals surface area contributed by atoms with Crippen LogP contribution in [0.3, 0.4) is 0 Å². The lowest BCUT2D eigenvalue weighted by Crippen LogP contribution is -2.45. The number of rotatable bonds is 2. The van der Waals surface area contributed by atoms with Gasteiger partial charge in [-0.05, 0) is 57.0 Å². The van der Waals surface area contributed by atoms with Crippen LogP contribution in [0.5, 0.6) is 0 Å². The Morgan fingerprint density at radius 3 is 1.82 bits per heavy atom. The quantitative estimate of drug-likeness (QED) is 0.789. The SMILES string of the molecule is CN(C)c1cccc(N2C(C)(C)c3ccccc3C2(C)C)c1. The number of hydrogen-bond donors (Lipinski definition) is 0. The topological polar surface area (TPSA) is 6.48 Å². The van der Waals surface area contributed by atoms with Gasteiger partial charge in [0.1, 0.15) is 0 Å². The number of nitrogens with zero attached hydrogens (tertiary/aromatic N) is 2. The van der Waals surface area contributed by atoms with Gasteiger partial charge < -0.3 is 9.80 Å². The second-order valence-electron chi connectivity index (χ2n) is 7.41. The van der Waals surface area contributed by atoms with Crippen LogP contribution in [0.1, 0.15) is 38.8 Å². The summed E-state index contributed by atoms with van der Waals surface area (Å²) in [5.41, 5.74) is 5.32. The summed E-state index contributed by atoms with van der Waals surface area (Å²) in [5.74, 6) is 0. The van der Waals surface area contributed by atoms with E-state index in [9.17, 15) is 0 Å². The summed E-state index contributed by atoms with van der Waals surface area (Å²) < 4.78 is 0. The maximum Gasteiger partial charge on any atom is 0.0610 e. The maximum atomic E-state index is 2.55. The van der Waals surface area contributed by atoms with Gasteiger partial charge in [-0.1, -0.05) is 30.3 Å². The molecule has 1 aliphatic heterocycles. The molecule has 0 atom stereocenters. The fourth-order valence-corrected chi connectivity index (χ4v) is 4.05. The highest BCUT2D eigenvalue weighted by Crippen LogP contribution is 2.51. The molecule has 1 heterocycles. The van der Waals surface area contributed by atoms with Crippen molar-refractivity contribution in [3.05, 3.63) is 59.7 Å². The van der Waals surface area contributed by atoms with E-state index < -0.39 is 0 Å². The highest BCUT2D eigenvalue weighted by atomic mass is 15.3. The lowest BCUT2D eigenvalue weighted by Gasteiger charge is -2.43. The van der Waals surface area contributed by atoms with E-state index in [4.69, 9.17) is 0 Å². The van der Waals surface area contributed by atoms with E-state index >= 15 is 0 Å². The van der Waals surface area contributed by atoms with Gasteiger partial charge in [0.2, 0.25) is 0 Å². The third kappa shape index (κ3) is 2.01. The number of fused-ring (bicyclic) bond motifs is 1. The third-order valence-corrected chi connectivity index (χ3v) is 4.97. The average Bonchev–Trinajstić information content (AvgIpc) is 2.63. The van der Waals surface area contributed by atoms with Crippen LogP contribution in [0, 0.1) is 0 Å². The van der Waals surface area contributed by atoms with Gasteiger partial charge in [0.05, 0.1) is 11.1 Å². The predicted molar refractivity (Wildman–Crippen MR) is 95.7 cm³/mol. The lowest BCUT2D eigenvalue weighted by atomic mass is 9.91. The minimum atomic E-state index is -0.0228. The molecule has 22 heavy (non-hydrogen) atoms. The normalized spacial score (nSPS) is 18.2. The van der Waals surface area contributed by atoms with Crippen LogP contribution in [-0.2, 0) is 11.1 Å². The minimum absolute atomic E-state index is 0.0228. The fraction of sp³-hybridized carbons (Fsp3) is 0.400. The van der Waals surface area contributed by atoms with Gasteiger partial charge in [0.25, 0.3) is 0 Å². The first-order valence-electron chi connectivity index (χ1n) is 7.94. The molecule has 2 aromatic carbocycles. The molecule has 0 spiro atoms. The van der Waals surface area contributed by atoms with E-state index in [1.54, 1.807) is 0 Å². The van der Waals surface area contributed by atoms with Gasteiger partial charge in [-0.25, -0.2) is 0 Å². The predicted octanol–water partition coefficient (Wildman–Crippen LogP) is 4.74. The van der Waals surface area contributed by atoms with Gasteiger partial charge in [-0.2, -0.15) is 0 Å². The lowest BCUT2D eigenvalue weighted by molar-refractivity contribution is 0.403. The molecule has 0 bridgehead atoms. The Hall–Kier alpha value is -1.96. The number of anilines is 2. The van der Waals surface area contributed by atoms with Crippen molar-refractivity contribution < 1.29 is 0 Å². The van der Waals surface area contributed by atoms with Crippen LogP contribution in [0.25, 0.3) is 0 Å². The van der Waals surface area contributed by atoms with Crippen LogP contribution in [-0.4, -0.2) is 14.1 Å². The summed E-state index contributed by atoms with van der Waals surface area (Å²) in [7, 11) is 4.18. The molecular formula is C20H26N2. The molecule has 1 aliphatic rings. The van der Waals surface area contributed by atoms with Crippen molar-refractivity contribution in [1.82, 2.24) is 0 Å². The highest BCUT2D eigenvalue weighted by Gasteiger charge is 2.48. The summed E-state index contributed by atoms with van der Waals surface area (Å²) in [6.07, 6.45) is 0. The van der Waals surface area contributed by atoms with E-state index in [2.05, 4.69) is 100 Å². The Labute approximate surface area is 134 Å². The molecule has 2 aromatic rings. The smallest absolute Gasteiger partial charge is 0.0610 e. The fourth-order valence-electron chi connectivity index (χ4n) is 4.05. The standard InChI is InChI=1S/C20H26N2/c1-19(2)17-12-7-8-13-18(17)20(3,4)22(19)16-11-9-10-15(14-16)21(5)6/h7-14H,1-6H3. The summed E-state index contributed by atoms with van der Waals surface area (Å²) >= 11 is 0. The zero-order valence-electron chi connectivity index (χ0n) is 14.5. The zero-order chi connectivity index (χ0) is 16.1. The molecular weight excluding hydrogens is 268 g/mol. The molecule has 0 aliphatic carbocycles. The molecule has 0 radical (unpaired) electrons. The zero-order valence-corrected chi connectivity index (χ0v) is 14.5. The first kappa shape index (κ1) is 15.0. The van der Waals surface area contributed by atoms with Gasteiger partial charge >= 0.3 is 0 Å². The molecule has 0 aromatic heterocycles. The Kier molecular flexibility index (Phi) is 3.24. The molecule has 0 unspecified atom stereocenters. The maximum absolute atomic E-state index is 2.55. The molecule has 0 fully saturated rings. The van der Waals surface area contributed by atoms with E-state index in [0.717, 1.165) is 0 Å². The summed E-state index contributed by atoms with van der Waals surface area (Å²) in [5, 5.41) is 0. The van der Waals surface area contributed by atoms with Crippen molar-refractivity contribution in [2.24, 2.45) is 0 Å². The highest BCUT2D eigenvalue weighted by molar-refractivity contribution is 5.66. The molecule has 0 saturated carbocycles. The van der Waals surface area contributed by atoms with Crippen LogP contribution >= 0.6 is 0 Å². The number of benzene rings is 2. The Balaban J connectivity index is 2.18. The first-order chi connectivity index (χ1) is 10.3. The van der Waals surface area contributed by atoms with Crippen LogP contribution in [0.15, 0.2) is 48.5 Å². The van der Waals surface area contributed by atoms with Crippen LogP contribution in [0.4, 0.5) is 11.4 Å². The summed E-state index contributed by atoms with van der Waals surface area (Å²) in [4.78, 5) is 4.71. The minimum Gasteiger partial charge on any atom is -0.378 e. The second-order valence-corrected chi connectivity index (χ2v) is 7.41. The third-order valence-electron chi connectivity index (χ3n) is 4.97. The molecule has 0 amide bonds.